The van der Waals surface area contributed by atoms with Crippen LogP contribution in [0.4, 0.5) is 26.3 Å². The fraction of sp³-hybridized carbons (Fsp3) is 0.167. The van der Waals surface area contributed by atoms with E-state index in [0.29, 0.717) is 24.5 Å². The molecular weight excluding hydrogens is 473 g/mol. The first-order valence-electron chi connectivity index (χ1n) is 8.28. The molecule has 0 spiro atoms. The largest absolute Gasteiger partial charge is 0.417 e. The zero-order valence-electron chi connectivity index (χ0n) is 15.0. The lowest BCUT2D eigenvalue weighted by molar-refractivity contribution is -0.138. The van der Waals surface area contributed by atoms with Crippen molar-refractivity contribution in [3.63, 3.8) is 0 Å². The number of halogens is 8. The van der Waals surface area contributed by atoms with Gasteiger partial charge in [-0.05, 0) is 24.3 Å². The summed E-state index contributed by atoms with van der Waals surface area (Å²) in [5.41, 5.74) is -2.13. The topological polar surface area (TPSA) is 59.8 Å². The first-order valence-corrected chi connectivity index (χ1v) is 9.04. The molecule has 0 radical (unpaired) electrons. The molecule has 0 fully saturated rings. The molecule has 5 nitrogen and oxygen atoms in total. The van der Waals surface area contributed by atoms with E-state index in [1.54, 1.807) is 0 Å². The second kappa shape index (κ2) is 8.39. The summed E-state index contributed by atoms with van der Waals surface area (Å²) in [5.74, 6) is -0.823. The molecule has 1 N–H and O–H groups in total. The number of amides is 1. The van der Waals surface area contributed by atoms with E-state index < -0.39 is 29.4 Å². The fourth-order valence-electron chi connectivity index (χ4n) is 2.52. The molecule has 0 aliphatic carbocycles. The van der Waals surface area contributed by atoms with Gasteiger partial charge in [-0.3, -0.25) is 14.3 Å². The number of nitrogens with one attached hydrogen (secondary N) is 1. The van der Waals surface area contributed by atoms with Gasteiger partial charge >= 0.3 is 12.4 Å². The summed E-state index contributed by atoms with van der Waals surface area (Å²) in [5, 5.41) is 1.79. The predicted molar refractivity (Wildman–Crippen MR) is 99.0 cm³/mol. The first-order chi connectivity index (χ1) is 14.4. The zero-order chi connectivity index (χ0) is 23.0. The van der Waals surface area contributed by atoms with Gasteiger partial charge in [0, 0.05) is 18.6 Å². The lowest BCUT2D eigenvalue weighted by atomic mass is 10.2. The molecule has 0 bridgehead atoms. The number of aromatic nitrogens is 3. The van der Waals surface area contributed by atoms with E-state index in [0.717, 1.165) is 0 Å². The third-order valence-corrected chi connectivity index (χ3v) is 4.63. The number of carbonyl (C=O) groups excluding carboxylic acids is 1. The van der Waals surface area contributed by atoms with Crippen LogP contribution in [0.5, 0.6) is 0 Å². The molecule has 0 saturated heterocycles. The number of rotatable bonds is 4. The maximum atomic E-state index is 12.8. The maximum Gasteiger partial charge on any atom is 0.417 e. The highest BCUT2D eigenvalue weighted by Crippen LogP contribution is 2.33. The number of nitrogens with zero attached hydrogens (tertiary/aromatic N) is 3. The van der Waals surface area contributed by atoms with Crippen LogP contribution >= 0.6 is 23.2 Å². The number of hydrogen-bond donors (Lipinski definition) is 1. The quantitative estimate of drug-likeness (QED) is 0.496. The summed E-state index contributed by atoms with van der Waals surface area (Å²) in [6.07, 6.45) is -6.73. The van der Waals surface area contributed by atoms with Crippen LogP contribution in [0.2, 0.25) is 10.0 Å². The summed E-state index contributed by atoms with van der Waals surface area (Å²) in [6, 6.07) is 4.16. The third kappa shape index (κ3) is 5.10. The van der Waals surface area contributed by atoms with Gasteiger partial charge in [0.25, 0.3) is 5.91 Å². The highest BCUT2D eigenvalue weighted by Gasteiger charge is 2.32. The Morgan fingerprint density at radius 1 is 0.968 bits per heavy atom. The molecule has 3 aromatic rings. The standard InChI is InChI=1S/C18H10Cl2F6N4O/c19-11-4-9(17(21,22)23)6-27-13(11)8-29-16(31)14-2-1-3-30(14)15-12(20)5-10(7-28-15)18(24,25)26/h1-7H,8H2,(H,29,31). The Morgan fingerprint density at radius 3 is 2.10 bits per heavy atom. The Morgan fingerprint density at radius 2 is 1.55 bits per heavy atom. The van der Waals surface area contributed by atoms with E-state index in [4.69, 9.17) is 23.2 Å². The summed E-state index contributed by atoms with van der Waals surface area (Å²) in [4.78, 5) is 19.8. The summed E-state index contributed by atoms with van der Waals surface area (Å²) >= 11 is 11.7. The minimum Gasteiger partial charge on any atom is -0.345 e. The van der Waals surface area contributed by atoms with Gasteiger partial charge in [0.1, 0.15) is 5.69 Å². The van der Waals surface area contributed by atoms with Crippen molar-refractivity contribution >= 4 is 29.1 Å². The van der Waals surface area contributed by atoms with Gasteiger partial charge in [0.05, 0.1) is 33.4 Å². The van der Waals surface area contributed by atoms with E-state index >= 15 is 0 Å². The normalized spacial score (nSPS) is 12.1. The lowest BCUT2D eigenvalue weighted by Gasteiger charge is -2.13. The number of alkyl halides is 6. The second-order valence-corrected chi connectivity index (χ2v) is 6.94. The highest BCUT2D eigenvalue weighted by molar-refractivity contribution is 6.32. The van der Waals surface area contributed by atoms with Gasteiger partial charge in [0.2, 0.25) is 0 Å². The SMILES string of the molecule is O=C(NCc1ncc(C(F)(F)F)cc1Cl)c1cccn1-c1ncc(C(F)(F)F)cc1Cl. The average Bonchev–Trinajstić information content (AvgIpc) is 3.14. The first kappa shape index (κ1) is 22.9. The molecule has 0 aromatic carbocycles. The van der Waals surface area contributed by atoms with Crippen molar-refractivity contribution in [2.45, 2.75) is 18.9 Å². The molecule has 3 aromatic heterocycles. The Bertz CT molecular complexity index is 1130. The molecule has 3 heterocycles. The van der Waals surface area contributed by atoms with E-state index in [1.165, 1.54) is 22.9 Å². The van der Waals surface area contributed by atoms with Crippen LogP contribution in [-0.4, -0.2) is 20.4 Å². The van der Waals surface area contributed by atoms with Crippen molar-refractivity contribution in [3.05, 3.63) is 75.4 Å². The average molecular weight is 483 g/mol. The van der Waals surface area contributed by atoms with Crippen molar-refractivity contribution in [1.29, 1.82) is 0 Å². The molecule has 0 aliphatic heterocycles. The molecule has 1 amide bonds. The Balaban J connectivity index is 1.79. The van der Waals surface area contributed by atoms with E-state index in [9.17, 15) is 31.1 Å². The smallest absolute Gasteiger partial charge is 0.345 e. The van der Waals surface area contributed by atoms with Crippen LogP contribution in [0.1, 0.15) is 27.3 Å². The Labute approximate surface area is 180 Å². The zero-order valence-corrected chi connectivity index (χ0v) is 16.5. The molecule has 31 heavy (non-hydrogen) atoms. The van der Waals surface area contributed by atoms with Gasteiger partial charge < -0.3 is 5.32 Å². The highest BCUT2D eigenvalue weighted by atomic mass is 35.5. The van der Waals surface area contributed by atoms with Crippen molar-refractivity contribution in [2.24, 2.45) is 0 Å². The molecule has 164 valence electrons. The van der Waals surface area contributed by atoms with Crippen molar-refractivity contribution in [3.8, 4) is 5.82 Å². The Kier molecular flexibility index (Phi) is 6.19. The molecular formula is C18H10Cl2F6N4O. The van der Waals surface area contributed by atoms with Gasteiger partial charge in [-0.2, -0.15) is 26.3 Å². The molecule has 0 unspecified atom stereocenters. The van der Waals surface area contributed by atoms with E-state index in [1.807, 2.05) is 0 Å². The number of hydrogen-bond acceptors (Lipinski definition) is 3. The third-order valence-electron chi connectivity index (χ3n) is 4.02. The number of pyridine rings is 2. The van der Waals surface area contributed by atoms with Gasteiger partial charge in [-0.1, -0.05) is 23.2 Å². The second-order valence-electron chi connectivity index (χ2n) is 6.12. The van der Waals surface area contributed by atoms with Crippen molar-refractivity contribution in [1.82, 2.24) is 19.9 Å². The van der Waals surface area contributed by atoms with Gasteiger partial charge in [-0.25, -0.2) is 4.98 Å². The molecule has 0 atom stereocenters. The van der Waals surface area contributed by atoms with Crippen LogP contribution in [0.3, 0.4) is 0 Å². The number of carbonyl (C=O) groups is 1. The minimum atomic E-state index is -4.64. The van der Waals surface area contributed by atoms with Crippen LogP contribution < -0.4 is 5.32 Å². The maximum absolute atomic E-state index is 12.8. The van der Waals surface area contributed by atoms with Gasteiger partial charge in [0.15, 0.2) is 5.82 Å². The van der Waals surface area contributed by atoms with Crippen LogP contribution in [0, 0.1) is 0 Å². The van der Waals surface area contributed by atoms with Crippen LogP contribution in [-0.2, 0) is 18.9 Å². The monoisotopic (exact) mass is 482 g/mol. The summed E-state index contributed by atoms with van der Waals surface area (Å²) < 4.78 is 77.6. The van der Waals surface area contributed by atoms with Crippen molar-refractivity contribution < 1.29 is 31.1 Å². The summed E-state index contributed by atoms with van der Waals surface area (Å²) in [7, 11) is 0. The molecule has 0 saturated carbocycles. The van der Waals surface area contributed by atoms with Crippen molar-refractivity contribution in [2.75, 3.05) is 0 Å². The predicted octanol–water partition coefficient (Wildman–Crippen LogP) is 5.54. The Hall–Kier alpha value is -2.79. The van der Waals surface area contributed by atoms with E-state index in [-0.39, 0.29) is 33.8 Å². The summed E-state index contributed by atoms with van der Waals surface area (Å²) in [6.45, 7) is -0.296. The molecule has 13 heteroatoms. The van der Waals surface area contributed by atoms with E-state index in [2.05, 4.69) is 15.3 Å². The van der Waals surface area contributed by atoms with Gasteiger partial charge in [-0.15, -0.1) is 0 Å². The fourth-order valence-corrected chi connectivity index (χ4v) is 3.01. The van der Waals surface area contributed by atoms with Crippen LogP contribution in [0.15, 0.2) is 42.9 Å². The lowest BCUT2D eigenvalue weighted by Crippen LogP contribution is -2.26. The molecule has 0 aliphatic rings. The van der Waals surface area contributed by atoms with Crippen LogP contribution in [0.25, 0.3) is 5.82 Å². The minimum absolute atomic E-state index is 0.00758. The molecule has 3 rings (SSSR count).